The number of unbranched alkanes of at least 4 members (excludes halogenated alkanes) is 1. The SMILES string of the molecule is CCCCc1nc2cc(-c3ccc(C(=O)NS(=O)(=O)c4ccc(NCCSc5ccccc5)c([N+](=O)[O-])c4)cc3)ccc2n1C1CCCC1. The number of nitrogens with one attached hydrogen (secondary N) is 2. The van der Waals surface area contributed by atoms with Crippen LogP contribution < -0.4 is 10.0 Å². The highest BCUT2D eigenvalue weighted by molar-refractivity contribution is 7.99. The van der Waals surface area contributed by atoms with E-state index in [1.807, 2.05) is 30.3 Å². The van der Waals surface area contributed by atoms with Crippen LogP contribution in [0.1, 0.15) is 67.7 Å². The lowest BCUT2D eigenvalue weighted by molar-refractivity contribution is -0.384. The van der Waals surface area contributed by atoms with Crippen LogP contribution in [-0.4, -0.2) is 41.1 Å². The number of amides is 1. The molecule has 1 saturated carbocycles. The number of hydrogen-bond acceptors (Lipinski definition) is 8. The Kier molecular flexibility index (Phi) is 10.6. The van der Waals surface area contributed by atoms with E-state index >= 15 is 0 Å². The Morgan fingerprint density at radius 2 is 1.71 bits per heavy atom. The van der Waals surface area contributed by atoms with Crippen LogP contribution in [0.4, 0.5) is 11.4 Å². The molecular weight excluding hydrogens is 659 g/mol. The molecule has 1 aromatic heterocycles. The number of hydrogen-bond donors (Lipinski definition) is 2. The quantitative estimate of drug-likeness (QED) is 0.0511. The third-order valence-electron chi connectivity index (χ3n) is 8.82. The van der Waals surface area contributed by atoms with Crippen LogP contribution in [0.2, 0.25) is 0 Å². The van der Waals surface area contributed by atoms with Gasteiger partial charge in [0.05, 0.1) is 20.9 Å². The van der Waals surface area contributed by atoms with Crippen LogP contribution in [0, 0.1) is 10.1 Å². The second-order valence-corrected chi connectivity index (χ2v) is 15.0. The second kappa shape index (κ2) is 15.3. The van der Waals surface area contributed by atoms with Crippen molar-refractivity contribution in [3.05, 3.63) is 112 Å². The van der Waals surface area contributed by atoms with Crippen molar-refractivity contribution >= 4 is 50.1 Å². The average Bonchev–Trinajstić information content (AvgIpc) is 3.77. The molecule has 0 unspecified atom stereocenters. The normalized spacial score (nSPS) is 13.5. The van der Waals surface area contributed by atoms with E-state index in [0.29, 0.717) is 18.3 Å². The zero-order valence-corrected chi connectivity index (χ0v) is 28.9. The number of rotatable bonds is 14. The van der Waals surface area contributed by atoms with Gasteiger partial charge in [0.2, 0.25) is 0 Å². The Balaban J connectivity index is 1.13. The van der Waals surface area contributed by atoms with E-state index in [1.54, 1.807) is 36.0 Å². The molecule has 49 heavy (non-hydrogen) atoms. The van der Waals surface area contributed by atoms with Crippen LogP contribution in [0.5, 0.6) is 0 Å². The van der Waals surface area contributed by atoms with Gasteiger partial charge in [-0.1, -0.05) is 62.6 Å². The molecule has 2 N–H and O–H groups in total. The molecule has 6 rings (SSSR count). The molecule has 0 saturated heterocycles. The molecule has 0 aliphatic heterocycles. The number of sulfonamides is 1. The zero-order valence-electron chi connectivity index (χ0n) is 27.3. The summed E-state index contributed by atoms with van der Waals surface area (Å²) in [7, 11) is -4.39. The minimum absolute atomic E-state index is 0.143. The summed E-state index contributed by atoms with van der Waals surface area (Å²) in [4.78, 5) is 29.9. The van der Waals surface area contributed by atoms with E-state index in [0.717, 1.165) is 58.2 Å². The standard InChI is InChI=1S/C37H39N5O5S2/c1-2-3-13-36-39-33-24-28(18-21-34(33)41(36)29-9-7-8-10-29)26-14-16-27(17-15-26)37(43)40-49(46,47)31-19-20-32(35(25-31)42(44)45)38-22-23-48-30-11-5-4-6-12-30/h4-6,11-12,14-21,24-25,29,38H,2-3,7-10,13,22-23H2,1H3,(H,40,43). The first-order valence-electron chi connectivity index (χ1n) is 16.6. The largest absolute Gasteiger partial charge is 0.379 e. The molecule has 1 aliphatic rings. The van der Waals surface area contributed by atoms with Crippen molar-refractivity contribution < 1.29 is 18.1 Å². The van der Waals surface area contributed by atoms with Gasteiger partial charge in [0, 0.05) is 41.3 Å². The topological polar surface area (TPSA) is 136 Å². The second-order valence-electron chi connectivity index (χ2n) is 12.2. The summed E-state index contributed by atoms with van der Waals surface area (Å²) in [6.45, 7) is 2.62. The molecule has 0 atom stereocenters. The monoisotopic (exact) mass is 697 g/mol. The molecule has 10 nitrogen and oxygen atoms in total. The van der Waals surface area contributed by atoms with E-state index < -0.39 is 26.5 Å². The third kappa shape index (κ3) is 7.97. The van der Waals surface area contributed by atoms with Crippen molar-refractivity contribution in [2.75, 3.05) is 17.6 Å². The van der Waals surface area contributed by atoms with Gasteiger partial charge in [0.15, 0.2) is 0 Å². The number of nitrogens with zero attached hydrogens (tertiary/aromatic N) is 3. The van der Waals surface area contributed by atoms with Gasteiger partial charge in [-0.25, -0.2) is 18.1 Å². The van der Waals surface area contributed by atoms with Crippen LogP contribution in [0.15, 0.2) is 101 Å². The molecule has 5 aromatic rings. The Hall–Kier alpha value is -4.68. The van der Waals surface area contributed by atoms with Crippen molar-refractivity contribution in [2.45, 2.75) is 67.7 Å². The molecular formula is C37H39N5O5S2. The lowest BCUT2D eigenvalue weighted by atomic mass is 10.0. The first-order valence-corrected chi connectivity index (χ1v) is 19.1. The van der Waals surface area contributed by atoms with Gasteiger partial charge in [-0.2, -0.15) is 0 Å². The zero-order chi connectivity index (χ0) is 34.4. The number of thioether (sulfide) groups is 1. The predicted molar refractivity (Wildman–Crippen MR) is 195 cm³/mol. The molecule has 1 fully saturated rings. The van der Waals surface area contributed by atoms with Crippen LogP contribution in [-0.2, 0) is 16.4 Å². The van der Waals surface area contributed by atoms with Crippen molar-refractivity contribution in [2.24, 2.45) is 0 Å². The number of fused-ring (bicyclic) bond motifs is 1. The summed E-state index contributed by atoms with van der Waals surface area (Å²) < 4.78 is 30.8. The molecule has 1 amide bonds. The van der Waals surface area contributed by atoms with Gasteiger partial charge in [0.25, 0.3) is 21.6 Å². The van der Waals surface area contributed by atoms with Crippen molar-refractivity contribution in [1.82, 2.24) is 14.3 Å². The first-order chi connectivity index (χ1) is 23.7. The first kappa shape index (κ1) is 34.2. The van der Waals surface area contributed by atoms with E-state index in [9.17, 15) is 23.3 Å². The molecule has 0 bridgehead atoms. The summed E-state index contributed by atoms with van der Waals surface area (Å²) >= 11 is 1.59. The van der Waals surface area contributed by atoms with Crippen molar-refractivity contribution in [1.29, 1.82) is 0 Å². The van der Waals surface area contributed by atoms with Gasteiger partial charge in [-0.3, -0.25) is 14.9 Å². The highest BCUT2D eigenvalue weighted by Crippen LogP contribution is 2.35. The Labute approximate surface area is 290 Å². The molecule has 254 valence electrons. The lowest BCUT2D eigenvalue weighted by Gasteiger charge is -2.16. The number of imidazole rings is 1. The highest BCUT2D eigenvalue weighted by Gasteiger charge is 2.25. The minimum atomic E-state index is -4.39. The smallest absolute Gasteiger partial charge is 0.293 e. The molecule has 0 spiro atoms. The fourth-order valence-electron chi connectivity index (χ4n) is 6.31. The maximum atomic E-state index is 13.1. The fourth-order valence-corrected chi connectivity index (χ4v) is 8.10. The number of carbonyl (C=O) groups excluding carboxylic acids is 1. The number of aryl methyl sites for hydroxylation is 1. The maximum Gasteiger partial charge on any atom is 0.293 e. The average molecular weight is 698 g/mol. The number of carbonyl (C=O) groups is 1. The van der Waals surface area contributed by atoms with Gasteiger partial charge in [0.1, 0.15) is 11.5 Å². The maximum absolute atomic E-state index is 13.1. The summed E-state index contributed by atoms with van der Waals surface area (Å²) in [5.74, 6) is 0.958. The van der Waals surface area contributed by atoms with Crippen LogP contribution >= 0.6 is 11.8 Å². The van der Waals surface area contributed by atoms with Crippen LogP contribution in [0.25, 0.3) is 22.2 Å². The van der Waals surface area contributed by atoms with Gasteiger partial charge in [-0.15, -0.1) is 11.8 Å². The third-order valence-corrected chi connectivity index (χ3v) is 11.2. The van der Waals surface area contributed by atoms with E-state index in [4.69, 9.17) is 4.98 Å². The van der Waals surface area contributed by atoms with Crippen molar-refractivity contribution in [3.63, 3.8) is 0 Å². The van der Waals surface area contributed by atoms with E-state index in [1.165, 1.54) is 37.8 Å². The Bertz CT molecular complexity index is 2060. The van der Waals surface area contributed by atoms with Crippen molar-refractivity contribution in [3.8, 4) is 11.1 Å². The van der Waals surface area contributed by atoms with E-state index in [2.05, 4.69) is 39.7 Å². The van der Waals surface area contributed by atoms with Crippen LogP contribution in [0.3, 0.4) is 0 Å². The summed E-state index contributed by atoms with van der Waals surface area (Å²) in [6, 6.07) is 26.7. The molecule has 1 aliphatic carbocycles. The van der Waals surface area contributed by atoms with Gasteiger partial charge >= 0.3 is 0 Å². The molecule has 4 aromatic carbocycles. The summed E-state index contributed by atoms with van der Waals surface area (Å²) in [5.41, 5.74) is 3.85. The fraction of sp³-hybridized carbons (Fsp3) is 0.297. The molecule has 12 heteroatoms. The molecule has 1 heterocycles. The number of nitro groups is 1. The number of nitro benzene ring substituents is 1. The number of benzene rings is 4. The lowest BCUT2D eigenvalue weighted by Crippen LogP contribution is -2.30. The van der Waals surface area contributed by atoms with Gasteiger partial charge in [-0.05, 0) is 78.9 Å². The number of aromatic nitrogens is 2. The van der Waals surface area contributed by atoms with E-state index in [-0.39, 0.29) is 16.1 Å². The number of anilines is 1. The Morgan fingerprint density at radius 3 is 2.43 bits per heavy atom. The predicted octanol–water partition coefficient (Wildman–Crippen LogP) is 8.39. The molecule has 0 radical (unpaired) electrons. The minimum Gasteiger partial charge on any atom is -0.379 e. The van der Waals surface area contributed by atoms with Gasteiger partial charge < -0.3 is 9.88 Å². The summed E-state index contributed by atoms with van der Waals surface area (Å²) in [5, 5.41) is 14.8. The summed E-state index contributed by atoms with van der Waals surface area (Å²) in [6.07, 6.45) is 8.01. The Morgan fingerprint density at radius 1 is 0.980 bits per heavy atom. The highest BCUT2D eigenvalue weighted by atomic mass is 32.2.